The molecular formula is C23H24FN3O. The number of hydrogen-bond acceptors (Lipinski definition) is 3. The molecule has 0 amide bonds. The average molecular weight is 377 g/mol. The van der Waals surface area contributed by atoms with Gasteiger partial charge in [0.25, 0.3) is 0 Å². The highest BCUT2D eigenvalue weighted by Gasteiger charge is 2.44. The summed E-state index contributed by atoms with van der Waals surface area (Å²) in [5.74, 6) is 1.38. The standard InChI is InChI=1S/C23H24FN3O/c24-15-2-5-20-18(12-15)19-11-14-1-4-17(23(19)26-20)22(14)21-6-3-16(13-25-21)27-7-9-28-10-8-27/h2-3,5-6,12-14,17,22,26H,1,4,7-11H2. The predicted molar refractivity (Wildman–Crippen MR) is 107 cm³/mol. The van der Waals surface area contributed by atoms with Crippen LogP contribution < -0.4 is 4.90 Å². The maximum Gasteiger partial charge on any atom is 0.123 e. The van der Waals surface area contributed by atoms with Crippen molar-refractivity contribution in [2.24, 2.45) is 5.92 Å². The molecule has 2 fully saturated rings. The maximum absolute atomic E-state index is 13.8. The molecule has 1 N–H and O–H groups in total. The number of aromatic amines is 1. The molecule has 0 radical (unpaired) electrons. The number of H-pyrrole nitrogens is 1. The summed E-state index contributed by atoms with van der Waals surface area (Å²) in [6.07, 6.45) is 5.47. The van der Waals surface area contributed by atoms with E-state index in [0.29, 0.717) is 17.8 Å². The SMILES string of the molecule is Fc1ccc2[nH]c3c(c2c1)CC1CCC3C1c1ccc(N2CCOCC2)cn1. The van der Waals surface area contributed by atoms with Crippen LogP contribution in [-0.4, -0.2) is 36.3 Å². The molecule has 2 aliphatic carbocycles. The van der Waals surface area contributed by atoms with Crippen LogP contribution in [0.15, 0.2) is 36.5 Å². The molecule has 4 nitrogen and oxygen atoms in total. The van der Waals surface area contributed by atoms with Crippen LogP contribution in [0.3, 0.4) is 0 Å². The average Bonchev–Trinajstić information content (AvgIpc) is 3.26. The number of halogens is 1. The van der Waals surface area contributed by atoms with Crippen molar-refractivity contribution in [2.75, 3.05) is 31.2 Å². The Morgan fingerprint density at radius 2 is 2.00 bits per heavy atom. The highest BCUT2D eigenvalue weighted by molar-refractivity contribution is 5.85. The van der Waals surface area contributed by atoms with E-state index in [1.54, 1.807) is 12.1 Å². The van der Waals surface area contributed by atoms with E-state index in [4.69, 9.17) is 9.72 Å². The van der Waals surface area contributed by atoms with Gasteiger partial charge >= 0.3 is 0 Å². The summed E-state index contributed by atoms with van der Waals surface area (Å²) in [6, 6.07) is 9.57. The Morgan fingerprint density at radius 1 is 1.11 bits per heavy atom. The van der Waals surface area contributed by atoms with Gasteiger partial charge in [0.15, 0.2) is 0 Å². The molecule has 3 heterocycles. The van der Waals surface area contributed by atoms with Crippen molar-refractivity contribution in [3.8, 4) is 0 Å². The first-order valence-corrected chi connectivity index (χ1v) is 10.4. The number of anilines is 1. The summed E-state index contributed by atoms with van der Waals surface area (Å²) in [5.41, 5.74) is 6.12. The second-order valence-corrected chi connectivity index (χ2v) is 8.42. The van der Waals surface area contributed by atoms with Gasteiger partial charge in [-0.3, -0.25) is 4.98 Å². The van der Waals surface area contributed by atoms with Gasteiger partial charge in [0.1, 0.15) is 5.82 Å². The summed E-state index contributed by atoms with van der Waals surface area (Å²) in [6.45, 7) is 3.45. The molecule has 1 aliphatic heterocycles. The molecule has 5 heteroatoms. The van der Waals surface area contributed by atoms with Crippen molar-refractivity contribution in [3.63, 3.8) is 0 Å². The van der Waals surface area contributed by atoms with Crippen LogP contribution in [0.2, 0.25) is 0 Å². The van der Waals surface area contributed by atoms with E-state index in [1.165, 1.54) is 35.5 Å². The monoisotopic (exact) mass is 377 g/mol. The minimum absolute atomic E-state index is 0.149. The van der Waals surface area contributed by atoms with Gasteiger partial charge in [-0.2, -0.15) is 0 Å². The van der Waals surface area contributed by atoms with Crippen molar-refractivity contribution in [3.05, 3.63) is 59.3 Å². The van der Waals surface area contributed by atoms with Gasteiger partial charge in [-0.05, 0) is 61.1 Å². The summed E-state index contributed by atoms with van der Waals surface area (Å²) >= 11 is 0. The highest BCUT2D eigenvalue weighted by atomic mass is 19.1. The molecule has 28 heavy (non-hydrogen) atoms. The molecule has 1 saturated heterocycles. The molecule has 1 aromatic carbocycles. The second-order valence-electron chi connectivity index (χ2n) is 8.42. The fourth-order valence-corrected chi connectivity index (χ4v) is 5.72. The minimum atomic E-state index is -0.149. The molecule has 144 valence electrons. The first kappa shape index (κ1) is 16.5. The first-order valence-electron chi connectivity index (χ1n) is 10.4. The number of morpholine rings is 1. The number of fused-ring (bicyclic) bond motifs is 6. The number of benzene rings is 1. The summed E-state index contributed by atoms with van der Waals surface area (Å²) in [4.78, 5) is 10.9. The number of aromatic nitrogens is 2. The highest BCUT2D eigenvalue weighted by Crippen LogP contribution is 2.55. The van der Waals surface area contributed by atoms with Crippen molar-refractivity contribution in [1.29, 1.82) is 0 Å². The predicted octanol–water partition coefficient (Wildman–Crippen LogP) is 4.37. The van der Waals surface area contributed by atoms with E-state index in [-0.39, 0.29) is 5.82 Å². The van der Waals surface area contributed by atoms with Gasteiger partial charge in [0.2, 0.25) is 0 Å². The van der Waals surface area contributed by atoms with Gasteiger partial charge in [0.05, 0.1) is 25.1 Å². The van der Waals surface area contributed by atoms with Crippen LogP contribution in [0.25, 0.3) is 10.9 Å². The van der Waals surface area contributed by atoms with Gasteiger partial charge in [0, 0.05) is 47.2 Å². The zero-order valence-corrected chi connectivity index (χ0v) is 15.8. The van der Waals surface area contributed by atoms with E-state index < -0.39 is 0 Å². The largest absolute Gasteiger partial charge is 0.378 e. The third-order valence-electron chi connectivity index (χ3n) is 7.02. The van der Waals surface area contributed by atoms with Crippen molar-refractivity contribution >= 4 is 16.6 Å². The first-order chi connectivity index (χ1) is 13.8. The van der Waals surface area contributed by atoms with Gasteiger partial charge in [-0.25, -0.2) is 4.39 Å². The minimum Gasteiger partial charge on any atom is -0.378 e. The van der Waals surface area contributed by atoms with Gasteiger partial charge in [-0.15, -0.1) is 0 Å². The Hall–Kier alpha value is -2.40. The fourth-order valence-electron chi connectivity index (χ4n) is 5.72. The third-order valence-corrected chi connectivity index (χ3v) is 7.02. The fraction of sp³-hybridized carbons (Fsp3) is 0.435. The van der Waals surface area contributed by atoms with Gasteiger partial charge in [-0.1, -0.05) is 0 Å². The Kier molecular flexibility index (Phi) is 3.73. The Labute approximate surface area is 163 Å². The zero-order valence-electron chi connectivity index (χ0n) is 15.8. The van der Waals surface area contributed by atoms with Crippen molar-refractivity contribution in [1.82, 2.24) is 9.97 Å². The Bertz CT molecular complexity index is 1020. The molecule has 3 atom stereocenters. The van der Waals surface area contributed by atoms with Crippen LogP contribution in [0, 0.1) is 11.7 Å². The lowest BCUT2D eigenvalue weighted by Gasteiger charge is -2.31. The number of ether oxygens (including phenoxy) is 1. The molecular weight excluding hydrogens is 353 g/mol. The topological polar surface area (TPSA) is 41.2 Å². The van der Waals surface area contributed by atoms with E-state index >= 15 is 0 Å². The summed E-state index contributed by atoms with van der Waals surface area (Å²) < 4.78 is 19.2. The molecule has 3 aliphatic rings. The van der Waals surface area contributed by atoms with E-state index in [9.17, 15) is 4.39 Å². The summed E-state index contributed by atoms with van der Waals surface area (Å²) in [7, 11) is 0. The summed E-state index contributed by atoms with van der Waals surface area (Å²) in [5, 5.41) is 1.07. The smallest absolute Gasteiger partial charge is 0.123 e. The van der Waals surface area contributed by atoms with Crippen LogP contribution in [0.5, 0.6) is 0 Å². The third kappa shape index (κ3) is 2.49. The molecule has 2 bridgehead atoms. The quantitative estimate of drug-likeness (QED) is 0.721. The Balaban J connectivity index is 1.34. The number of nitrogens with zero attached hydrogens (tertiary/aromatic N) is 2. The lowest BCUT2D eigenvalue weighted by atomic mass is 9.75. The number of nitrogens with one attached hydrogen (secondary N) is 1. The molecule has 3 aromatic rings. The molecule has 2 aromatic heterocycles. The molecule has 1 saturated carbocycles. The number of rotatable bonds is 2. The number of hydrogen-bond donors (Lipinski definition) is 1. The van der Waals surface area contributed by atoms with Gasteiger partial charge < -0.3 is 14.6 Å². The molecule has 6 rings (SSSR count). The zero-order chi connectivity index (χ0) is 18.7. The van der Waals surface area contributed by atoms with E-state index in [1.807, 2.05) is 12.3 Å². The van der Waals surface area contributed by atoms with Crippen LogP contribution in [0.4, 0.5) is 10.1 Å². The second kappa shape index (κ2) is 6.31. The maximum atomic E-state index is 13.8. The van der Waals surface area contributed by atoms with E-state index in [2.05, 4.69) is 22.0 Å². The van der Waals surface area contributed by atoms with Crippen LogP contribution in [-0.2, 0) is 11.2 Å². The van der Waals surface area contributed by atoms with Crippen molar-refractivity contribution < 1.29 is 9.13 Å². The van der Waals surface area contributed by atoms with Crippen LogP contribution >= 0.6 is 0 Å². The lowest BCUT2D eigenvalue weighted by molar-refractivity contribution is 0.122. The molecule has 3 unspecified atom stereocenters. The van der Waals surface area contributed by atoms with E-state index in [0.717, 1.165) is 43.6 Å². The van der Waals surface area contributed by atoms with Crippen molar-refractivity contribution in [2.45, 2.75) is 31.1 Å². The Morgan fingerprint density at radius 3 is 2.82 bits per heavy atom. The normalized spacial score (nSPS) is 26.6. The lowest BCUT2D eigenvalue weighted by Crippen LogP contribution is -2.36. The number of pyridine rings is 1. The molecule has 0 spiro atoms. The van der Waals surface area contributed by atoms with Crippen LogP contribution in [0.1, 0.15) is 41.6 Å².